The molecule has 4 rings (SSSR count). The van der Waals surface area contributed by atoms with E-state index in [-0.39, 0.29) is 0 Å². The van der Waals surface area contributed by atoms with E-state index in [9.17, 15) is 0 Å². The molecule has 1 heterocycles. The van der Waals surface area contributed by atoms with E-state index in [1.807, 2.05) is 72.8 Å². The summed E-state index contributed by atoms with van der Waals surface area (Å²) in [6, 6.07) is 23.3. The van der Waals surface area contributed by atoms with Gasteiger partial charge in [0.05, 0.1) is 19.9 Å². The summed E-state index contributed by atoms with van der Waals surface area (Å²) in [7, 11) is 3.30. The Morgan fingerprint density at radius 2 is 1.50 bits per heavy atom. The Kier molecular flexibility index (Phi) is 9.37. The van der Waals surface area contributed by atoms with Crippen LogP contribution in [0.2, 0.25) is 0 Å². The van der Waals surface area contributed by atoms with Gasteiger partial charge in [-0.15, -0.1) is 0 Å². The number of anilines is 4. The molecular weight excluding hydrogens is 478 g/mol. The molecule has 0 spiro atoms. The third kappa shape index (κ3) is 6.92. The molecule has 0 saturated carbocycles. The van der Waals surface area contributed by atoms with Gasteiger partial charge in [0, 0.05) is 24.0 Å². The molecule has 0 saturated heterocycles. The van der Waals surface area contributed by atoms with Crippen molar-refractivity contribution >= 4 is 23.1 Å². The summed E-state index contributed by atoms with van der Waals surface area (Å²) < 4.78 is 16.7. The third-order valence-electron chi connectivity index (χ3n) is 6.23. The normalized spacial score (nSPS) is 10.8. The Bertz CT molecular complexity index is 1290. The van der Waals surface area contributed by atoms with E-state index < -0.39 is 0 Å². The lowest BCUT2D eigenvalue weighted by Gasteiger charge is -2.18. The summed E-state index contributed by atoms with van der Waals surface area (Å²) in [5.74, 6) is 3.45. The van der Waals surface area contributed by atoms with Gasteiger partial charge >= 0.3 is 0 Å². The van der Waals surface area contributed by atoms with Crippen LogP contribution < -0.4 is 24.8 Å². The SMILES string of the molecule is CCN(CC)CCOc1ccc(Nc2ncc(-c3ccc(OC)cc3)c(Nc3ccccc3OC)n2)cc1. The van der Waals surface area contributed by atoms with Crippen molar-refractivity contribution in [1.29, 1.82) is 0 Å². The average Bonchev–Trinajstić information content (AvgIpc) is 2.97. The van der Waals surface area contributed by atoms with Gasteiger partial charge in [-0.1, -0.05) is 38.1 Å². The van der Waals surface area contributed by atoms with Crippen molar-refractivity contribution in [2.75, 3.05) is 51.1 Å². The number of likely N-dealkylation sites (N-methyl/N-ethyl adjacent to an activating group) is 1. The number of benzene rings is 3. The number of hydrogen-bond donors (Lipinski definition) is 2. The number of methoxy groups -OCH3 is 2. The summed E-state index contributed by atoms with van der Waals surface area (Å²) >= 11 is 0. The van der Waals surface area contributed by atoms with Crippen LogP contribution in [0.4, 0.5) is 23.1 Å². The first-order valence-electron chi connectivity index (χ1n) is 12.8. The number of aromatic nitrogens is 2. The Morgan fingerprint density at radius 3 is 2.18 bits per heavy atom. The van der Waals surface area contributed by atoms with Gasteiger partial charge in [-0.3, -0.25) is 0 Å². The van der Waals surface area contributed by atoms with Crippen molar-refractivity contribution in [2.24, 2.45) is 0 Å². The van der Waals surface area contributed by atoms with Crippen LogP contribution in [-0.4, -0.2) is 55.3 Å². The second-order valence-electron chi connectivity index (χ2n) is 8.53. The second kappa shape index (κ2) is 13.3. The molecule has 3 aromatic carbocycles. The van der Waals surface area contributed by atoms with Gasteiger partial charge in [0.2, 0.25) is 5.95 Å². The van der Waals surface area contributed by atoms with E-state index in [4.69, 9.17) is 19.2 Å². The lowest BCUT2D eigenvalue weighted by molar-refractivity contribution is 0.223. The summed E-state index contributed by atoms with van der Waals surface area (Å²) in [5, 5.41) is 6.72. The standard InChI is InChI=1S/C30H35N5O3/c1-5-35(6-2)19-20-38-25-17-13-23(14-18-25)32-30-31-21-26(22-11-15-24(36-3)16-12-22)29(34-30)33-27-9-7-8-10-28(27)37-4/h7-18,21H,5-6,19-20H2,1-4H3,(H2,31,32,33,34). The summed E-state index contributed by atoms with van der Waals surface area (Å²) in [4.78, 5) is 11.7. The van der Waals surface area contributed by atoms with Crippen LogP contribution in [-0.2, 0) is 0 Å². The number of ether oxygens (including phenoxy) is 3. The molecule has 2 N–H and O–H groups in total. The van der Waals surface area contributed by atoms with E-state index in [0.717, 1.165) is 59.4 Å². The Morgan fingerprint density at radius 1 is 0.789 bits per heavy atom. The average molecular weight is 514 g/mol. The van der Waals surface area contributed by atoms with Gasteiger partial charge in [0.25, 0.3) is 0 Å². The highest BCUT2D eigenvalue weighted by atomic mass is 16.5. The molecule has 0 atom stereocenters. The molecule has 0 aliphatic heterocycles. The van der Waals surface area contributed by atoms with Gasteiger partial charge in [-0.05, 0) is 67.2 Å². The Labute approximate surface area is 224 Å². The first-order chi connectivity index (χ1) is 18.6. The fraction of sp³-hybridized carbons (Fsp3) is 0.267. The van der Waals surface area contributed by atoms with Crippen molar-refractivity contribution in [3.63, 3.8) is 0 Å². The van der Waals surface area contributed by atoms with Crippen molar-refractivity contribution in [3.8, 4) is 28.4 Å². The highest BCUT2D eigenvalue weighted by Gasteiger charge is 2.13. The van der Waals surface area contributed by atoms with E-state index >= 15 is 0 Å². The van der Waals surface area contributed by atoms with Crippen LogP contribution in [0.5, 0.6) is 17.2 Å². The van der Waals surface area contributed by atoms with Crippen LogP contribution in [0.15, 0.2) is 79.0 Å². The van der Waals surface area contributed by atoms with E-state index in [2.05, 4.69) is 34.4 Å². The van der Waals surface area contributed by atoms with Crippen molar-refractivity contribution in [2.45, 2.75) is 13.8 Å². The molecule has 198 valence electrons. The van der Waals surface area contributed by atoms with Crippen LogP contribution in [0.1, 0.15) is 13.8 Å². The van der Waals surface area contributed by atoms with Gasteiger partial charge in [-0.2, -0.15) is 4.98 Å². The molecule has 38 heavy (non-hydrogen) atoms. The smallest absolute Gasteiger partial charge is 0.229 e. The number of nitrogens with one attached hydrogen (secondary N) is 2. The van der Waals surface area contributed by atoms with Gasteiger partial charge < -0.3 is 29.7 Å². The molecule has 0 radical (unpaired) electrons. The summed E-state index contributed by atoms with van der Waals surface area (Å²) in [6.45, 7) is 7.92. The maximum Gasteiger partial charge on any atom is 0.229 e. The summed E-state index contributed by atoms with van der Waals surface area (Å²) in [5.41, 5.74) is 3.48. The molecule has 4 aromatic rings. The maximum absolute atomic E-state index is 5.90. The number of nitrogens with zero attached hydrogens (tertiary/aromatic N) is 3. The highest BCUT2D eigenvalue weighted by Crippen LogP contribution is 2.34. The minimum Gasteiger partial charge on any atom is -0.497 e. The van der Waals surface area contributed by atoms with Crippen molar-refractivity contribution < 1.29 is 14.2 Å². The second-order valence-corrected chi connectivity index (χ2v) is 8.53. The molecule has 8 nitrogen and oxygen atoms in total. The molecule has 0 amide bonds. The number of rotatable bonds is 13. The van der Waals surface area contributed by atoms with E-state index in [1.165, 1.54) is 0 Å². The molecule has 0 bridgehead atoms. The minimum atomic E-state index is 0.467. The van der Waals surface area contributed by atoms with Crippen molar-refractivity contribution in [1.82, 2.24) is 14.9 Å². The van der Waals surface area contributed by atoms with Crippen LogP contribution in [0, 0.1) is 0 Å². The molecule has 0 aliphatic rings. The number of para-hydroxylation sites is 2. The topological polar surface area (TPSA) is 80.8 Å². The predicted molar refractivity (Wildman–Crippen MR) is 153 cm³/mol. The minimum absolute atomic E-state index is 0.467. The predicted octanol–water partition coefficient (Wildman–Crippen LogP) is 6.37. The lowest BCUT2D eigenvalue weighted by Crippen LogP contribution is -2.27. The van der Waals surface area contributed by atoms with Gasteiger partial charge in [-0.25, -0.2) is 4.98 Å². The van der Waals surface area contributed by atoms with Gasteiger partial charge in [0.1, 0.15) is 29.7 Å². The molecule has 0 unspecified atom stereocenters. The molecular formula is C30H35N5O3. The monoisotopic (exact) mass is 513 g/mol. The lowest BCUT2D eigenvalue weighted by atomic mass is 10.1. The molecule has 0 fully saturated rings. The van der Waals surface area contributed by atoms with Gasteiger partial charge in [0.15, 0.2) is 0 Å². The first kappa shape index (κ1) is 26.8. The zero-order valence-corrected chi connectivity index (χ0v) is 22.4. The summed E-state index contributed by atoms with van der Waals surface area (Å²) in [6.07, 6.45) is 1.81. The first-order valence-corrected chi connectivity index (χ1v) is 12.8. The van der Waals surface area contributed by atoms with E-state index in [0.29, 0.717) is 18.4 Å². The van der Waals surface area contributed by atoms with Crippen molar-refractivity contribution in [3.05, 3.63) is 79.0 Å². The zero-order chi connectivity index (χ0) is 26.7. The highest BCUT2D eigenvalue weighted by molar-refractivity contribution is 5.80. The Hall–Kier alpha value is -4.30. The van der Waals surface area contributed by atoms with E-state index in [1.54, 1.807) is 20.4 Å². The molecule has 8 heteroatoms. The largest absolute Gasteiger partial charge is 0.497 e. The quantitative estimate of drug-likeness (QED) is 0.214. The Balaban J connectivity index is 1.54. The van der Waals surface area contributed by atoms with Crippen LogP contribution >= 0.6 is 0 Å². The number of hydrogen-bond acceptors (Lipinski definition) is 8. The fourth-order valence-electron chi connectivity index (χ4n) is 3.99. The van der Waals surface area contributed by atoms with Crippen LogP contribution in [0.3, 0.4) is 0 Å². The van der Waals surface area contributed by atoms with Crippen LogP contribution in [0.25, 0.3) is 11.1 Å². The molecule has 1 aromatic heterocycles. The third-order valence-corrected chi connectivity index (χ3v) is 6.23. The fourth-order valence-corrected chi connectivity index (χ4v) is 3.99. The zero-order valence-electron chi connectivity index (χ0n) is 22.4. The maximum atomic E-state index is 5.90. The molecule has 0 aliphatic carbocycles.